The summed E-state index contributed by atoms with van der Waals surface area (Å²) in [4.78, 5) is 17.5. The van der Waals surface area contributed by atoms with Crippen LogP contribution in [0.4, 0.5) is 0 Å². The molecule has 3 N–H and O–H groups in total. The number of hydrogen-bond acceptors (Lipinski definition) is 2. The topological polar surface area (TPSA) is 70.7 Å². The number of aliphatic imine (C=N–C) groups is 1. The van der Waals surface area contributed by atoms with Gasteiger partial charge in [-0.15, -0.1) is 24.0 Å². The first kappa shape index (κ1) is 16.5. The number of nitrogens with zero attached hydrogens (tertiary/aromatic N) is 2. The first-order valence-electron chi connectivity index (χ1n) is 5.74. The van der Waals surface area contributed by atoms with Crippen molar-refractivity contribution in [3.05, 3.63) is 0 Å². The molecule has 1 saturated heterocycles. The number of likely N-dealkylation sites (tertiary alicyclic amines) is 1. The molecule has 0 spiro atoms. The van der Waals surface area contributed by atoms with E-state index < -0.39 is 0 Å². The number of carbonyl (C=O) groups excluding carboxylic acids is 1. The third kappa shape index (κ3) is 6.70. The highest BCUT2D eigenvalue weighted by molar-refractivity contribution is 14.0. The smallest absolute Gasteiger partial charge is 0.244 e. The second kappa shape index (κ2) is 7.03. The molecule has 0 atom stereocenters. The van der Waals surface area contributed by atoms with Gasteiger partial charge in [-0.05, 0) is 33.6 Å². The maximum Gasteiger partial charge on any atom is 0.244 e. The summed E-state index contributed by atoms with van der Waals surface area (Å²) in [5, 5.41) is 3.02. The van der Waals surface area contributed by atoms with Crippen LogP contribution in [0.25, 0.3) is 0 Å². The van der Waals surface area contributed by atoms with Gasteiger partial charge in [-0.3, -0.25) is 4.79 Å². The van der Waals surface area contributed by atoms with Crippen LogP contribution in [0, 0.1) is 0 Å². The number of nitrogens with two attached hydrogens (primary N) is 1. The quantitative estimate of drug-likeness (QED) is 0.440. The van der Waals surface area contributed by atoms with E-state index in [0.717, 1.165) is 25.9 Å². The average Bonchev–Trinajstić information content (AvgIpc) is 2.64. The molecule has 1 amide bonds. The van der Waals surface area contributed by atoms with E-state index in [2.05, 4.69) is 10.3 Å². The highest BCUT2D eigenvalue weighted by atomic mass is 127. The maximum absolute atomic E-state index is 11.7. The van der Waals surface area contributed by atoms with Crippen molar-refractivity contribution in [2.24, 2.45) is 10.7 Å². The van der Waals surface area contributed by atoms with Crippen LogP contribution in [0.15, 0.2) is 4.99 Å². The van der Waals surface area contributed by atoms with Crippen molar-refractivity contribution < 1.29 is 4.79 Å². The van der Waals surface area contributed by atoms with Crippen molar-refractivity contribution in [3.63, 3.8) is 0 Å². The van der Waals surface area contributed by atoms with Crippen molar-refractivity contribution in [3.8, 4) is 0 Å². The molecule has 100 valence electrons. The molecule has 0 unspecified atom stereocenters. The molecule has 0 aromatic rings. The predicted octanol–water partition coefficient (Wildman–Crippen LogP) is 0.930. The summed E-state index contributed by atoms with van der Waals surface area (Å²) < 4.78 is 0. The van der Waals surface area contributed by atoms with Gasteiger partial charge in [-0.25, -0.2) is 4.99 Å². The van der Waals surface area contributed by atoms with Crippen molar-refractivity contribution in [1.82, 2.24) is 10.2 Å². The number of carbonyl (C=O) groups is 1. The van der Waals surface area contributed by atoms with Gasteiger partial charge >= 0.3 is 0 Å². The molecular formula is C11H23IN4O. The Hall–Kier alpha value is -0.530. The van der Waals surface area contributed by atoms with Crippen LogP contribution in [0.1, 0.15) is 33.6 Å². The molecule has 1 rings (SSSR count). The molecule has 5 nitrogen and oxygen atoms in total. The van der Waals surface area contributed by atoms with E-state index in [4.69, 9.17) is 5.73 Å². The largest absolute Gasteiger partial charge is 0.370 e. The lowest BCUT2D eigenvalue weighted by atomic mass is 10.1. The van der Waals surface area contributed by atoms with E-state index in [9.17, 15) is 4.79 Å². The number of halogens is 1. The van der Waals surface area contributed by atoms with Crippen molar-refractivity contribution in [2.75, 3.05) is 19.6 Å². The van der Waals surface area contributed by atoms with Crippen LogP contribution in [0.5, 0.6) is 0 Å². The van der Waals surface area contributed by atoms with Gasteiger partial charge in [0.2, 0.25) is 5.91 Å². The van der Waals surface area contributed by atoms with Crippen LogP contribution in [-0.2, 0) is 4.79 Å². The molecule has 0 radical (unpaired) electrons. The average molecular weight is 354 g/mol. The van der Waals surface area contributed by atoms with Gasteiger partial charge in [0.1, 0.15) is 6.54 Å². The maximum atomic E-state index is 11.7. The number of rotatable bonds is 2. The van der Waals surface area contributed by atoms with Crippen molar-refractivity contribution in [1.29, 1.82) is 0 Å². The van der Waals surface area contributed by atoms with E-state index >= 15 is 0 Å². The van der Waals surface area contributed by atoms with Crippen LogP contribution < -0.4 is 11.1 Å². The van der Waals surface area contributed by atoms with E-state index in [1.54, 1.807) is 0 Å². The lowest BCUT2D eigenvalue weighted by Crippen LogP contribution is -2.45. The molecule has 1 aliphatic heterocycles. The Morgan fingerprint density at radius 1 is 1.35 bits per heavy atom. The Balaban J connectivity index is 0.00000256. The van der Waals surface area contributed by atoms with Gasteiger partial charge in [-0.2, -0.15) is 0 Å². The summed E-state index contributed by atoms with van der Waals surface area (Å²) in [5.74, 6) is 0.399. The Labute approximate surface area is 120 Å². The van der Waals surface area contributed by atoms with Gasteiger partial charge in [0, 0.05) is 18.6 Å². The molecular weight excluding hydrogens is 331 g/mol. The Morgan fingerprint density at radius 3 is 2.35 bits per heavy atom. The van der Waals surface area contributed by atoms with Gasteiger partial charge in [-0.1, -0.05) is 0 Å². The Kier molecular flexibility index (Phi) is 6.81. The number of hydrogen-bond donors (Lipinski definition) is 2. The van der Waals surface area contributed by atoms with Crippen LogP contribution in [-0.4, -0.2) is 41.9 Å². The summed E-state index contributed by atoms with van der Waals surface area (Å²) >= 11 is 0. The lowest BCUT2D eigenvalue weighted by molar-refractivity contribution is -0.128. The number of guanidine groups is 1. The first-order chi connectivity index (χ1) is 7.38. The first-order valence-corrected chi connectivity index (χ1v) is 5.74. The van der Waals surface area contributed by atoms with E-state index in [0.29, 0.717) is 5.96 Å². The normalized spacial score (nSPS) is 16.6. The minimum atomic E-state index is -0.121. The monoisotopic (exact) mass is 354 g/mol. The zero-order valence-electron chi connectivity index (χ0n) is 10.8. The minimum Gasteiger partial charge on any atom is -0.370 e. The molecule has 0 aliphatic carbocycles. The lowest BCUT2D eigenvalue weighted by Gasteiger charge is -2.21. The third-order valence-electron chi connectivity index (χ3n) is 2.35. The highest BCUT2D eigenvalue weighted by Crippen LogP contribution is 2.07. The van der Waals surface area contributed by atoms with Gasteiger partial charge in [0.05, 0.1) is 0 Å². The Bertz CT molecular complexity index is 280. The Morgan fingerprint density at radius 2 is 1.88 bits per heavy atom. The summed E-state index contributed by atoms with van der Waals surface area (Å²) in [6.07, 6.45) is 2.20. The molecule has 6 heteroatoms. The van der Waals surface area contributed by atoms with Gasteiger partial charge in [0.25, 0.3) is 0 Å². The zero-order chi connectivity index (χ0) is 12.2. The van der Waals surface area contributed by atoms with E-state index in [1.165, 1.54) is 0 Å². The molecule has 17 heavy (non-hydrogen) atoms. The fraction of sp³-hybridized carbons (Fsp3) is 0.818. The number of amides is 1. The van der Waals surface area contributed by atoms with Crippen molar-refractivity contribution >= 4 is 35.8 Å². The predicted molar refractivity (Wildman–Crippen MR) is 80.6 cm³/mol. The van der Waals surface area contributed by atoms with E-state index in [1.807, 2.05) is 25.7 Å². The van der Waals surface area contributed by atoms with Crippen LogP contribution in [0.2, 0.25) is 0 Å². The molecule has 0 bridgehead atoms. The number of nitrogens with one attached hydrogen (secondary N) is 1. The van der Waals surface area contributed by atoms with Crippen LogP contribution >= 0.6 is 24.0 Å². The molecule has 0 aromatic carbocycles. The molecule has 0 saturated carbocycles. The highest BCUT2D eigenvalue weighted by Gasteiger charge is 2.17. The second-order valence-corrected chi connectivity index (χ2v) is 5.16. The standard InChI is InChI=1S/C11H22N4O.HI/c1-11(2,3)14-10(12)13-8-9(16)15-6-4-5-7-15;/h4-8H2,1-3H3,(H3,12,13,14);1H. The molecule has 1 heterocycles. The van der Waals surface area contributed by atoms with E-state index in [-0.39, 0.29) is 42.0 Å². The SMILES string of the molecule is CC(C)(C)NC(N)=NCC(=O)N1CCCC1.I. The molecule has 1 aliphatic rings. The fourth-order valence-electron chi connectivity index (χ4n) is 1.64. The zero-order valence-corrected chi connectivity index (χ0v) is 13.2. The van der Waals surface area contributed by atoms with Gasteiger partial charge < -0.3 is 16.0 Å². The summed E-state index contributed by atoms with van der Waals surface area (Å²) in [7, 11) is 0. The summed E-state index contributed by atoms with van der Waals surface area (Å²) in [5.41, 5.74) is 5.55. The minimum absolute atomic E-state index is 0. The fourth-order valence-corrected chi connectivity index (χ4v) is 1.64. The molecule has 1 fully saturated rings. The summed E-state index contributed by atoms with van der Waals surface area (Å²) in [6, 6.07) is 0. The van der Waals surface area contributed by atoms with Gasteiger partial charge in [0.15, 0.2) is 5.96 Å². The third-order valence-corrected chi connectivity index (χ3v) is 2.35. The summed E-state index contributed by atoms with van der Waals surface area (Å²) in [6.45, 7) is 7.86. The van der Waals surface area contributed by atoms with Crippen molar-refractivity contribution in [2.45, 2.75) is 39.2 Å². The van der Waals surface area contributed by atoms with Crippen LogP contribution in [0.3, 0.4) is 0 Å². The second-order valence-electron chi connectivity index (χ2n) is 5.16. The molecule has 0 aromatic heterocycles.